The van der Waals surface area contributed by atoms with Gasteiger partial charge in [-0.2, -0.15) is 0 Å². The zero-order valence-electron chi connectivity index (χ0n) is 10.9. The van der Waals surface area contributed by atoms with Crippen LogP contribution in [-0.2, 0) is 0 Å². The van der Waals surface area contributed by atoms with Crippen molar-refractivity contribution in [2.24, 2.45) is 5.92 Å². The predicted octanol–water partition coefficient (Wildman–Crippen LogP) is 2.75. The number of carbonyl (C=O) groups excluding carboxylic acids is 1. The minimum absolute atomic E-state index is 0.280. The Balaban J connectivity index is 1.99. The monoisotopic (exact) mass is 232 g/mol. The van der Waals surface area contributed by atoms with Gasteiger partial charge < -0.3 is 4.48 Å². The largest absolute Gasteiger partial charge is 0.320 e. The maximum absolute atomic E-state index is 12.2. The van der Waals surface area contributed by atoms with Gasteiger partial charge in [-0.05, 0) is 18.8 Å². The van der Waals surface area contributed by atoms with Gasteiger partial charge in [0.1, 0.15) is 6.54 Å². The summed E-state index contributed by atoms with van der Waals surface area (Å²) in [6.45, 7) is 5.23. The molecule has 2 nitrogen and oxygen atoms in total. The van der Waals surface area contributed by atoms with Crippen LogP contribution in [0, 0.1) is 5.92 Å². The van der Waals surface area contributed by atoms with E-state index in [1.165, 1.54) is 12.8 Å². The first kappa shape index (κ1) is 12.3. The van der Waals surface area contributed by atoms with Crippen LogP contribution < -0.4 is 0 Å². The second-order valence-corrected chi connectivity index (χ2v) is 5.70. The Bertz CT molecular complexity index is 377. The van der Waals surface area contributed by atoms with E-state index in [0.717, 1.165) is 29.1 Å². The predicted molar refractivity (Wildman–Crippen MR) is 70.0 cm³/mol. The number of hydrogen-bond acceptors (Lipinski definition) is 1. The average molecular weight is 232 g/mol. The van der Waals surface area contributed by atoms with Crippen LogP contribution in [0.25, 0.3) is 0 Å². The normalized spacial score (nSPS) is 28.9. The summed E-state index contributed by atoms with van der Waals surface area (Å²) < 4.78 is 0.915. The Kier molecular flexibility index (Phi) is 3.63. The number of piperidine rings is 1. The molecule has 1 aliphatic rings. The number of quaternary nitrogens is 1. The molecule has 1 saturated heterocycles. The van der Waals surface area contributed by atoms with E-state index >= 15 is 0 Å². The molecule has 1 heterocycles. The van der Waals surface area contributed by atoms with Crippen molar-refractivity contribution in [3.63, 3.8) is 0 Å². The molecule has 2 rings (SSSR count). The van der Waals surface area contributed by atoms with Crippen molar-refractivity contribution in [3.05, 3.63) is 35.9 Å². The summed E-state index contributed by atoms with van der Waals surface area (Å²) in [7, 11) is 2.22. The number of benzene rings is 1. The fourth-order valence-electron chi connectivity index (χ4n) is 2.54. The van der Waals surface area contributed by atoms with E-state index in [1.54, 1.807) is 0 Å². The van der Waals surface area contributed by atoms with Crippen molar-refractivity contribution < 1.29 is 9.28 Å². The summed E-state index contributed by atoms with van der Waals surface area (Å²) in [4.78, 5) is 12.2. The molecular formula is C15H22NO+. The lowest BCUT2D eigenvalue weighted by molar-refractivity contribution is -0.907. The van der Waals surface area contributed by atoms with Gasteiger partial charge in [-0.1, -0.05) is 37.3 Å². The molecule has 0 aromatic heterocycles. The SMILES string of the molecule is CC1CC[N+](C)(CC(=O)c2ccccc2)CC1. The lowest BCUT2D eigenvalue weighted by atomic mass is 9.96. The molecule has 0 saturated carbocycles. The molecule has 0 bridgehead atoms. The number of Topliss-reactive ketones (excluding diaryl/α,β-unsaturated/α-hetero) is 1. The van der Waals surface area contributed by atoms with E-state index in [4.69, 9.17) is 0 Å². The summed E-state index contributed by atoms with van der Waals surface area (Å²) in [5.41, 5.74) is 0.852. The van der Waals surface area contributed by atoms with Gasteiger partial charge in [0.2, 0.25) is 5.78 Å². The van der Waals surface area contributed by atoms with Crippen LogP contribution in [0.5, 0.6) is 0 Å². The molecule has 92 valence electrons. The number of hydrogen-bond donors (Lipinski definition) is 0. The second-order valence-electron chi connectivity index (χ2n) is 5.70. The molecule has 1 aromatic rings. The summed E-state index contributed by atoms with van der Waals surface area (Å²) in [5.74, 6) is 1.11. The highest BCUT2D eigenvalue weighted by molar-refractivity contribution is 5.96. The van der Waals surface area contributed by atoms with Gasteiger partial charge in [-0.3, -0.25) is 4.79 Å². The number of likely N-dealkylation sites (tertiary alicyclic amines) is 1. The number of ketones is 1. The van der Waals surface area contributed by atoms with E-state index in [1.807, 2.05) is 30.3 Å². The highest BCUT2D eigenvalue weighted by atomic mass is 16.1. The van der Waals surface area contributed by atoms with Crippen molar-refractivity contribution in [1.82, 2.24) is 0 Å². The Labute approximate surface area is 104 Å². The van der Waals surface area contributed by atoms with Crippen molar-refractivity contribution in [2.75, 3.05) is 26.7 Å². The zero-order valence-corrected chi connectivity index (χ0v) is 10.9. The minimum atomic E-state index is 0.280. The van der Waals surface area contributed by atoms with Crippen LogP contribution >= 0.6 is 0 Å². The zero-order chi connectivity index (χ0) is 12.3. The first-order valence-corrected chi connectivity index (χ1v) is 6.51. The standard InChI is InChI=1S/C15H22NO/c1-13-8-10-16(2,11-9-13)12-15(17)14-6-4-3-5-7-14/h3-7,13H,8-12H2,1-2H3/q+1. The Morgan fingerprint density at radius 3 is 2.41 bits per heavy atom. The molecular weight excluding hydrogens is 210 g/mol. The summed E-state index contributed by atoms with van der Waals surface area (Å²) in [5, 5.41) is 0. The Morgan fingerprint density at radius 1 is 1.24 bits per heavy atom. The van der Waals surface area contributed by atoms with Gasteiger partial charge in [-0.15, -0.1) is 0 Å². The molecule has 0 unspecified atom stereocenters. The van der Waals surface area contributed by atoms with Gasteiger partial charge >= 0.3 is 0 Å². The molecule has 0 radical (unpaired) electrons. The van der Waals surface area contributed by atoms with Crippen molar-refractivity contribution >= 4 is 5.78 Å². The molecule has 0 N–H and O–H groups in total. The molecule has 1 aliphatic heterocycles. The van der Waals surface area contributed by atoms with E-state index in [0.29, 0.717) is 6.54 Å². The molecule has 1 fully saturated rings. The second kappa shape index (κ2) is 5.01. The van der Waals surface area contributed by atoms with E-state index < -0.39 is 0 Å². The molecule has 17 heavy (non-hydrogen) atoms. The first-order chi connectivity index (χ1) is 8.09. The molecule has 0 amide bonds. The maximum atomic E-state index is 12.2. The summed E-state index contributed by atoms with van der Waals surface area (Å²) in [6.07, 6.45) is 2.50. The Morgan fingerprint density at radius 2 is 1.82 bits per heavy atom. The van der Waals surface area contributed by atoms with E-state index in [2.05, 4.69) is 14.0 Å². The maximum Gasteiger partial charge on any atom is 0.216 e. The van der Waals surface area contributed by atoms with Crippen LogP contribution in [0.4, 0.5) is 0 Å². The number of likely N-dealkylation sites (N-methyl/N-ethyl adjacent to an activating group) is 1. The molecule has 2 heteroatoms. The summed E-state index contributed by atoms with van der Waals surface area (Å²) >= 11 is 0. The topological polar surface area (TPSA) is 17.1 Å². The fraction of sp³-hybridized carbons (Fsp3) is 0.533. The van der Waals surface area contributed by atoms with Crippen LogP contribution in [-0.4, -0.2) is 36.9 Å². The van der Waals surface area contributed by atoms with E-state index in [-0.39, 0.29) is 5.78 Å². The molecule has 1 aromatic carbocycles. The van der Waals surface area contributed by atoms with Crippen molar-refractivity contribution in [3.8, 4) is 0 Å². The van der Waals surface area contributed by atoms with Gasteiger partial charge in [0.25, 0.3) is 0 Å². The van der Waals surface area contributed by atoms with Gasteiger partial charge in [-0.25, -0.2) is 0 Å². The molecule has 0 spiro atoms. The fourth-order valence-corrected chi connectivity index (χ4v) is 2.54. The van der Waals surface area contributed by atoms with Crippen molar-refractivity contribution in [2.45, 2.75) is 19.8 Å². The minimum Gasteiger partial charge on any atom is -0.320 e. The third-order valence-corrected chi connectivity index (χ3v) is 3.94. The number of nitrogens with zero attached hydrogens (tertiary/aromatic N) is 1. The smallest absolute Gasteiger partial charge is 0.216 e. The Hall–Kier alpha value is -1.15. The van der Waals surface area contributed by atoms with Gasteiger partial charge in [0, 0.05) is 5.56 Å². The van der Waals surface area contributed by atoms with Crippen LogP contribution in [0.15, 0.2) is 30.3 Å². The van der Waals surface area contributed by atoms with Crippen molar-refractivity contribution in [1.29, 1.82) is 0 Å². The van der Waals surface area contributed by atoms with Crippen LogP contribution in [0.3, 0.4) is 0 Å². The average Bonchev–Trinajstić information content (AvgIpc) is 2.34. The summed E-state index contributed by atoms with van der Waals surface area (Å²) in [6, 6.07) is 9.66. The number of rotatable bonds is 3. The van der Waals surface area contributed by atoms with Gasteiger partial charge in [0.05, 0.1) is 20.1 Å². The molecule has 0 atom stereocenters. The highest BCUT2D eigenvalue weighted by Crippen LogP contribution is 2.21. The van der Waals surface area contributed by atoms with Crippen LogP contribution in [0.2, 0.25) is 0 Å². The third-order valence-electron chi connectivity index (χ3n) is 3.94. The highest BCUT2D eigenvalue weighted by Gasteiger charge is 2.30. The van der Waals surface area contributed by atoms with E-state index in [9.17, 15) is 4.79 Å². The first-order valence-electron chi connectivity index (χ1n) is 6.51. The number of carbonyl (C=O) groups is 1. The third kappa shape index (κ3) is 3.16. The van der Waals surface area contributed by atoms with Crippen LogP contribution in [0.1, 0.15) is 30.1 Å². The lowest BCUT2D eigenvalue weighted by Crippen LogP contribution is -2.52. The molecule has 0 aliphatic carbocycles. The quantitative estimate of drug-likeness (QED) is 0.578. The lowest BCUT2D eigenvalue weighted by Gasteiger charge is -2.39. The van der Waals surface area contributed by atoms with Gasteiger partial charge in [0.15, 0.2) is 0 Å².